The quantitative estimate of drug-likeness (QED) is 0.928. The van der Waals surface area contributed by atoms with Gasteiger partial charge in [-0.15, -0.1) is 0 Å². The molecule has 4 nitrogen and oxygen atoms in total. The lowest BCUT2D eigenvalue weighted by atomic mass is 9.98. The van der Waals surface area contributed by atoms with Gasteiger partial charge >= 0.3 is 0 Å². The molecular formula is C15H22N2O2S. The summed E-state index contributed by atoms with van der Waals surface area (Å²) in [5.74, 6) is 0. The predicted octanol–water partition coefficient (Wildman–Crippen LogP) is 2.13. The van der Waals surface area contributed by atoms with Gasteiger partial charge in [0, 0.05) is 30.1 Å². The van der Waals surface area contributed by atoms with E-state index in [4.69, 9.17) is 0 Å². The first kappa shape index (κ1) is 13.9. The van der Waals surface area contributed by atoms with Gasteiger partial charge in [0.05, 0.1) is 4.90 Å². The molecule has 3 rings (SSSR count). The van der Waals surface area contributed by atoms with Crippen molar-refractivity contribution in [1.29, 1.82) is 0 Å². The molecule has 0 saturated carbocycles. The molecule has 0 aromatic heterocycles. The standard InChI is InChI=1S/C15H22N2O2S/c1-17-13-6-7-14(17)9-12(8-13)16-11-4-3-5-15(10-11)20(2,18)19/h3-5,10,12-14,16H,6-9H2,1-2H3. The van der Waals surface area contributed by atoms with Gasteiger partial charge in [-0.25, -0.2) is 8.42 Å². The third-order valence-corrected chi connectivity index (χ3v) is 5.84. The number of nitrogens with one attached hydrogen (secondary N) is 1. The van der Waals surface area contributed by atoms with Gasteiger partial charge in [-0.2, -0.15) is 0 Å². The first-order valence-corrected chi connectivity index (χ1v) is 9.11. The fraction of sp³-hybridized carbons (Fsp3) is 0.600. The lowest BCUT2D eigenvalue weighted by molar-refractivity contribution is 0.169. The van der Waals surface area contributed by atoms with E-state index in [2.05, 4.69) is 17.3 Å². The van der Waals surface area contributed by atoms with Crippen molar-refractivity contribution in [2.45, 2.75) is 48.7 Å². The Hall–Kier alpha value is -1.07. The second-order valence-corrected chi connectivity index (χ2v) is 8.18. The molecule has 2 heterocycles. The zero-order chi connectivity index (χ0) is 14.3. The largest absolute Gasteiger partial charge is 0.382 e. The van der Waals surface area contributed by atoms with Crippen LogP contribution in [0.4, 0.5) is 5.69 Å². The molecule has 1 N–H and O–H groups in total. The van der Waals surface area contributed by atoms with Crippen LogP contribution in [-0.4, -0.2) is 44.7 Å². The van der Waals surface area contributed by atoms with Gasteiger partial charge in [-0.1, -0.05) is 6.07 Å². The van der Waals surface area contributed by atoms with Gasteiger partial charge in [0.2, 0.25) is 0 Å². The number of hydrogen-bond acceptors (Lipinski definition) is 4. The van der Waals surface area contributed by atoms with E-state index in [1.54, 1.807) is 12.1 Å². The number of fused-ring (bicyclic) bond motifs is 2. The molecule has 110 valence electrons. The molecule has 2 fully saturated rings. The maximum Gasteiger partial charge on any atom is 0.175 e. The maximum atomic E-state index is 11.6. The van der Waals surface area contributed by atoms with Crippen molar-refractivity contribution < 1.29 is 8.42 Å². The van der Waals surface area contributed by atoms with Crippen LogP contribution in [0.15, 0.2) is 29.2 Å². The molecule has 2 aliphatic heterocycles. The Morgan fingerprint density at radius 1 is 1.20 bits per heavy atom. The molecule has 0 aliphatic carbocycles. The second-order valence-electron chi connectivity index (χ2n) is 6.16. The molecule has 2 saturated heterocycles. The van der Waals surface area contributed by atoms with E-state index in [9.17, 15) is 8.42 Å². The number of nitrogens with zero attached hydrogens (tertiary/aromatic N) is 1. The number of piperidine rings is 1. The maximum absolute atomic E-state index is 11.6. The van der Waals surface area contributed by atoms with Gasteiger partial charge < -0.3 is 10.2 Å². The molecule has 1 aromatic carbocycles. The highest BCUT2D eigenvalue weighted by atomic mass is 32.2. The van der Waals surface area contributed by atoms with Crippen LogP contribution in [0.2, 0.25) is 0 Å². The Balaban J connectivity index is 1.73. The van der Waals surface area contributed by atoms with E-state index in [1.807, 2.05) is 12.1 Å². The van der Waals surface area contributed by atoms with Gasteiger partial charge in [0.25, 0.3) is 0 Å². The average Bonchev–Trinajstić information content (AvgIpc) is 2.62. The Morgan fingerprint density at radius 3 is 2.45 bits per heavy atom. The minimum Gasteiger partial charge on any atom is -0.382 e. The Kier molecular flexibility index (Phi) is 3.50. The van der Waals surface area contributed by atoms with Crippen molar-refractivity contribution in [3.05, 3.63) is 24.3 Å². The Bertz CT molecular complexity index is 586. The van der Waals surface area contributed by atoms with Crippen LogP contribution in [0.25, 0.3) is 0 Å². The fourth-order valence-corrected chi connectivity index (χ4v) is 4.25. The van der Waals surface area contributed by atoms with Crippen molar-refractivity contribution >= 4 is 15.5 Å². The van der Waals surface area contributed by atoms with Crippen LogP contribution in [0, 0.1) is 0 Å². The zero-order valence-electron chi connectivity index (χ0n) is 12.0. The van der Waals surface area contributed by atoms with E-state index in [0.717, 1.165) is 18.5 Å². The molecule has 0 spiro atoms. The lowest BCUT2D eigenvalue weighted by Gasteiger charge is -2.37. The molecule has 2 bridgehead atoms. The Morgan fingerprint density at radius 2 is 1.85 bits per heavy atom. The minimum atomic E-state index is -3.13. The highest BCUT2D eigenvalue weighted by molar-refractivity contribution is 7.90. The first-order valence-electron chi connectivity index (χ1n) is 7.22. The lowest BCUT2D eigenvalue weighted by Crippen LogP contribution is -2.44. The second kappa shape index (κ2) is 5.04. The van der Waals surface area contributed by atoms with E-state index >= 15 is 0 Å². The van der Waals surface area contributed by atoms with Crippen molar-refractivity contribution in [3.8, 4) is 0 Å². The van der Waals surface area contributed by atoms with E-state index < -0.39 is 9.84 Å². The summed E-state index contributed by atoms with van der Waals surface area (Å²) >= 11 is 0. The van der Waals surface area contributed by atoms with Crippen LogP contribution in [0.3, 0.4) is 0 Å². The highest BCUT2D eigenvalue weighted by Gasteiger charge is 2.38. The summed E-state index contributed by atoms with van der Waals surface area (Å²) in [6.45, 7) is 0. The smallest absolute Gasteiger partial charge is 0.175 e. The normalized spacial score (nSPS) is 30.4. The molecule has 2 aliphatic rings. The van der Waals surface area contributed by atoms with Crippen molar-refractivity contribution in [2.75, 3.05) is 18.6 Å². The van der Waals surface area contributed by atoms with Crippen molar-refractivity contribution in [1.82, 2.24) is 4.90 Å². The van der Waals surface area contributed by atoms with Gasteiger partial charge in [0.1, 0.15) is 0 Å². The number of hydrogen-bond donors (Lipinski definition) is 1. The van der Waals surface area contributed by atoms with Crippen LogP contribution in [0.1, 0.15) is 25.7 Å². The molecule has 1 aromatic rings. The number of sulfone groups is 1. The molecule has 0 radical (unpaired) electrons. The SMILES string of the molecule is CN1C2CCC1CC(Nc1cccc(S(C)(=O)=O)c1)C2. The van der Waals surface area contributed by atoms with E-state index in [-0.39, 0.29) is 0 Å². The first-order chi connectivity index (χ1) is 9.43. The third kappa shape index (κ3) is 2.69. The molecule has 20 heavy (non-hydrogen) atoms. The summed E-state index contributed by atoms with van der Waals surface area (Å²) in [6.07, 6.45) is 6.14. The topological polar surface area (TPSA) is 49.4 Å². The van der Waals surface area contributed by atoms with Crippen LogP contribution in [-0.2, 0) is 9.84 Å². The van der Waals surface area contributed by atoms with Gasteiger partial charge in [0.15, 0.2) is 9.84 Å². The monoisotopic (exact) mass is 294 g/mol. The van der Waals surface area contributed by atoms with Crippen molar-refractivity contribution in [2.24, 2.45) is 0 Å². The summed E-state index contributed by atoms with van der Waals surface area (Å²) in [4.78, 5) is 2.89. The van der Waals surface area contributed by atoms with Crippen molar-refractivity contribution in [3.63, 3.8) is 0 Å². The zero-order valence-corrected chi connectivity index (χ0v) is 12.9. The van der Waals surface area contributed by atoms with Crippen LogP contribution < -0.4 is 5.32 Å². The predicted molar refractivity (Wildman–Crippen MR) is 80.8 cm³/mol. The summed E-state index contributed by atoms with van der Waals surface area (Å²) < 4.78 is 23.2. The summed E-state index contributed by atoms with van der Waals surface area (Å²) in [5, 5.41) is 3.52. The Labute approximate surface area is 121 Å². The fourth-order valence-electron chi connectivity index (χ4n) is 3.58. The highest BCUT2D eigenvalue weighted by Crippen LogP contribution is 2.35. The summed E-state index contributed by atoms with van der Waals surface area (Å²) in [5.41, 5.74) is 0.918. The molecule has 2 atom stereocenters. The van der Waals surface area contributed by atoms with E-state index in [1.165, 1.54) is 19.1 Å². The molecule has 2 unspecified atom stereocenters. The molecular weight excluding hydrogens is 272 g/mol. The third-order valence-electron chi connectivity index (χ3n) is 4.73. The summed E-state index contributed by atoms with van der Waals surface area (Å²) in [7, 11) is -0.907. The van der Waals surface area contributed by atoms with Gasteiger partial charge in [-0.3, -0.25) is 0 Å². The van der Waals surface area contributed by atoms with Crippen LogP contribution >= 0.6 is 0 Å². The van der Waals surface area contributed by atoms with E-state index in [0.29, 0.717) is 23.0 Å². The molecule has 0 amide bonds. The average molecular weight is 294 g/mol. The summed E-state index contributed by atoms with van der Waals surface area (Å²) in [6, 6.07) is 8.98. The molecule has 5 heteroatoms. The number of benzene rings is 1. The van der Waals surface area contributed by atoms with Crippen LogP contribution in [0.5, 0.6) is 0 Å². The van der Waals surface area contributed by atoms with Gasteiger partial charge in [-0.05, 0) is 50.9 Å². The minimum absolute atomic E-state index is 0.387. The number of rotatable bonds is 3. The number of anilines is 1.